The number of aryl methyl sites for hydroxylation is 1. The largest absolute Gasteiger partial charge is 0.465 e. The predicted octanol–water partition coefficient (Wildman–Crippen LogP) is 1.50. The zero-order valence-corrected chi connectivity index (χ0v) is 14.9. The molecule has 0 fully saturated rings. The first-order valence-electron chi connectivity index (χ1n) is 8.65. The summed E-state index contributed by atoms with van der Waals surface area (Å²) in [6.07, 6.45) is 3.79. The molecule has 1 N–H and O–H groups in total. The molecule has 2 aromatic rings. The third-order valence-corrected chi connectivity index (χ3v) is 4.59. The molecule has 0 aliphatic carbocycles. The fraction of sp³-hybridized carbons (Fsp3) is 0.444. The zero-order chi connectivity index (χ0) is 18.7. The van der Waals surface area contributed by atoms with Gasteiger partial charge in [-0.1, -0.05) is 12.5 Å². The van der Waals surface area contributed by atoms with Gasteiger partial charge in [0.15, 0.2) is 0 Å². The van der Waals surface area contributed by atoms with E-state index in [1.54, 1.807) is 29.7 Å². The Hall–Kier alpha value is -2.90. The maximum Gasteiger partial charge on any atom is 0.346 e. The second-order valence-electron chi connectivity index (χ2n) is 6.34. The van der Waals surface area contributed by atoms with Crippen molar-refractivity contribution in [2.75, 3.05) is 12.4 Å². The highest BCUT2D eigenvalue weighted by atomic mass is 16.5. The fourth-order valence-electron chi connectivity index (χ4n) is 3.16. The van der Waals surface area contributed by atoms with Gasteiger partial charge in [-0.15, -0.1) is 0 Å². The Kier molecular flexibility index (Phi) is 5.20. The minimum atomic E-state index is -0.465. The van der Waals surface area contributed by atoms with Crippen molar-refractivity contribution in [3.8, 4) is 0 Å². The van der Waals surface area contributed by atoms with E-state index >= 15 is 0 Å². The molecule has 2 heterocycles. The standard InChI is InChI=1S/C18H22N4O4/c1-12-13(17(24)26-2)7-6-8-14(12)19-16(23)11-22-18(25)21-10-5-3-4-9-15(21)20-22/h6-8H,3-5,9-11H2,1-2H3,(H,19,23). The minimum absolute atomic E-state index is 0.166. The van der Waals surface area contributed by atoms with Crippen LogP contribution in [-0.2, 0) is 29.0 Å². The number of carbonyl (C=O) groups excluding carboxylic acids is 2. The number of esters is 1. The van der Waals surface area contributed by atoms with Crippen LogP contribution in [0.15, 0.2) is 23.0 Å². The van der Waals surface area contributed by atoms with E-state index in [9.17, 15) is 14.4 Å². The molecule has 26 heavy (non-hydrogen) atoms. The van der Waals surface area contributed by atoms with E-state index in [1.807, 2.05) is 0 Å². The lowest BCUT2D eigenvalue weighted by molar-refractivity contribution is -0.117. The molecular weight excluding hydrogens is 336 g/mol. The number of carbonyl (C=O) groups is 2. The van der Waals surface area contributed by atoms with Gasteiger partial charge in [-0.2, -0.15) is 5.10 Å². The van der Waals surface area contributed by atoms with Gasteiger partial charge >= 0.3 is 11.7 Å². The summed E-state index contributed by atoms with van der Waals surface area (Å²) in [5.74, 6) is -0.0951. The molecular formula is C18H22N4O4. The maximum atomic E-state index is 12.4. The van der Waals surface area contributed by atoms with Crippen LogP contribution in [0, 0.1) is 6.92 Å². The quantitative estimate of drug-likeness (QED) is 0.836. The van der Waals surface area contributed by atoms with Crippen molar-refractivity contribution in [3.05, 3.63) is 45.6 Å². The van der Waals surface area contributed by atoms with Crippen molar-refractivity contribution < 1.29 is 14.3 Å². The molecule has 1 aliphatic rings. The number of anilines is 1. The molecule has 0 spiro atoms. The summed E-state index contributed by atoms with van der Waals surface area (Å²) >= 11 is 0. The summed E-state index contributed by atoms with van der Waals surface area (Å²) in [6, 6.07) is 5.00. The smallest absolute Gasteiger partial charge is 0.346 e. The average Bonchev–Trinajstić information content (AvgIpc) is 2.79. The molecule has 138 valence electrons. The van der Waals surface area contributed by atoms with Gasteiger partial charge in [-0.05, 0) is 37.5 Å². The van der Waals surface area contributed by atoms with Crippen LogP contribution in [0.2, 0.25) is 0 Å². The summed E-state index contributed by atoms with van der Waals surface area (Å²) in [4.78, 5) is 36.6. The minimum Gasteiger partial charge on any atom is -0.465 e. The number of amides is 1. The third-order valence-electron chi connectivity index (χ3n) is 4.59. The van der Waals surface area contributed by atoms with Gasteiger partial charge in [0.1, 0.15) is 12.4 Å². The number of fused-ring (bicyclic) bond motifs is 1. The Morgan fingerprint density at radius 1 is 1.27 bits per heavy atom. The molecule has 1 aliphatic heterocycles. The fourth-order valence-corrected chi connectivity index (χ4v) is 3.16. The van der Waals surface area contributed by atoms with Gasteiger partial charge in [-0.3, -0.25) is 9.36 Å². The number of nitrogens with one attached hydrogen (secondary N) is 1. The van der Waals surface area contributed by atoms with Crippen LogP contribution in [0.3, 0.4) is 0 Å². The number of hydrogen-bond acceptors (Lipinski definition) is 5. The Morgan fingerprint density at radius 3 is 2.85 bits per heavy atom. The van der Waals surface area contributed by atoms with Crippen LogP contribution in [0.25, 0.3) is 0 Å². The van der Waals surface area contributed by atoms with Gasteiger partial charge in [0.05, 0.1) is 12.7 Å². The van der Waals surface area contributed by atoms with E-state index in [0.717, 1.165) is 31.5 Å². The van der Waals surface area contributed by atoms with Crippen molar-refractivity contribution in [3.63, 3.8) is 0 Å². The monoisotopic (exact) mass is 358 g/mol. The molecule has 0 saturated carbocycles. The molecule has 1 aromatic carbocycles. The summed E-state index contributed by atoms with van der Waals surface area (Å²) in [5, 5.41) is 7.05. The average molecular weight is 358 g/mol. The highest BCUT2D eigenvalue weighted by molar-refractivity contribution is 5.96. The molecule has 1 aromatic heterocycles. The van der Waals surface area contributed by atoms with Crippen LogP contribution >= 0.6 is 0 Å². The molecule has 3 rings (SSSR count). The van der Waals surface area contributed by atoms with Crippen LogP contribution in [0.1, 0.15) is 41.0 Å². The lowest BCUT2D eigenvalue weighted by atomic mass is 10.1. The highest BCUT2D eigenvalue weighted by Crippen LogP contribution is 2.19. The summed E-state index contributed by atoms with van der Waals surface area (Å²) in [7, 11) is 1.31. The number of methoxy groups -OCH3 is 1. The number of hydrogen-bond donors (Lipinski definition) is 1. The number of rotatable bonds is 4. The molecule has 8 heteroatoms. The summed E-state index contributed by atoms with van der Waals surface area (Å²) < 4.78 is 7.60. The second-order valence-corrected chi connectivity index (χ2v) is 6.34. The van der Waals surface area contributed by atoms with Crippen LogP contribution in [-0.4, -0.2) is 33.3 Å². The van der Waals surface area contributed by atoms with E-state index in [-0.39, 0.29) is 18.1 Å². The van der Waals surface area contributed by atoms with Crippen LogP contribution in [0.5, 0.6) is 0 Å². The summed E-state index contributed by atoms with van der Waals surface area (Å²) in [6.45, 7) is 2.21. The van der Waals surface area contributed by atoms with Crippen molar-refractivity contribution in [2.24, 2.45) is 0 Å². The number of ether oxygens (including phenoxy) is 1. The van der Waals surface area contributed by atoms with Gasteiger partial charge in [0.25, 0.3) is 0 Å². The molecule has 0 unspecified atom stereocenters. The van der Waals surface area contributed by atoms with E-state index in [2.05, 4.69) is 10.4 Å². The molecule has 1 amide bonds. The van der Waals surface area contributed by atoms with Crippen LogP contribution < -0.4 is 11.0 Å². The van der Waals surface area contributed by atoms with Crippen molar-refractivity contribution in [1.82, 2.24) is 14.3 Å². The molecule has 0 saturated heterocycles. The van der Waals surface area contributed by atoms with E-state index < -0.39 is 5.97 Å². The number of nitrogens with zero attached hydrogens (tertiary/aromatic N) is 3. The molecule has 0 bridgehead atoms. The van der Waals surface area contributed by atoms with E-state index in [1.165, 1.54) is 11.8 Å². The maximum absolute atomic E-state index is 12.4. The Labute approximate surface area is 150 Å². The first-order valence-corrected chi connectivity index (χ1v) is 8.65. The Balaban J connectivity index is 1.76. The Morgan fingerprint density at radius 2 is 2.08 bits per heavy atom. The van der Waals surface area contributed by atoms with Crippen molar-refractivity contribution >= 4 is 17.6 Å². The molecule has 0 radical (unpaired) electrons. The predicted molar refractivity (Wildman–Crippen MR) is 95.2 cm³/mol. The van der Waals surface area contributed by atoms with Gasteiger partial charge in [0.2, 0.25) is 5.91 Å². The van der Waals surface area contributed by atoms with Gasteiger partial charge in [0, 0.05) is 18.7 Å². The lowest BCUT2D eigenvalue weighted by Crippen LogP contribution is -2.30. The number of aromatic nitrogens is 3. The Bertz CT molecular complexity index is 897. The van der Waals surface area contributed by atoms with E-state index in [4.69, 9.17) is 4.74 Å². The third kappa shape index (κ3) is 3.54. The molecule has 8 nitrogen and oxygen atoms in total. The van der Waals surface area contributed by atoms with Gasteiger partial charge < -0.3 is 10.1 Å². The summed E-state index contributed by atoms with van der Waals surface area (Å²) in [5.41, 5.74) is 1.25. The number of benzene rings is 1. The van der Waals surface area contributed by atoms with Crippen molar-refractivity contribution in [1.29, 1.82) is 0 Å². The highest BCUT2D eigenvalue weighted by Gasteiger charge is 2.18. The topological polar surface area (TPSA) is 95.2 Å². The zero-order valence-electron chi connectivity index (χ0n) is 14.9. The lowest BCUT2D eigenvalue weighted by Gasteiger charge is -2.11. The van der Waals surface area contributed by atoms with E-state index in [0.29, 0.717) is 23.4 Å². The van der Waals surface area contributed by atoms with Crippen LogP contribution in [0.4, 0.5) is 5.69 Å². The van der Waals surface area contributed by atoms with Crippen molar-refractivity contribution in [2.45, 2.75) is 45.7 Å². The SMILES string of the molecule is COC(=O)c1cccc(NC(=O)Cn2nc3n(c2=O)CCCCC3)c1C. The normalized spacial score (nSPS) is 13.6. The molecule has 0 atom stereocenters. The first kappa shape index (κ1) is 17.9. The second kappa shape index (κ2) is 7.55. The first-order chi connectivity index (χ1) is 12.5. The van der Waals surface area contributed by atoms with Gasteiger partial charge in [-0.25, -0.2) is 14.3 Å².